The van der Waals surface area contributed by atoms with Crippen molar-refractivity contribution in [1.29, 1.82) is 0 Å². The number of amides is 3. The molecule has 152 valence electrons. The number of nitrogens with one attached hydrogen (secondary N) is 2. The molecule has 1 fully saturated rings. The van der Waals surface area contributed by atoms with Crippen molar-refractivity contribution >= 4 is 23.4 Å². The molecule has 2 aromatic carbocycles. The third-order valence-corrected chi connectivity index (χ3v) is 5.04. The Kier molecular flexibility index (Phi) is 5.91. The van der Waals surface area contributed by atoms with Crippen LogP contribution in [0.5, 0.6) is 5.75 Å². The summed E-state index contributed by atoms with van der Waals surface area (Å²) in [5.74, 6) is -2.97. The van der Waals surface area contributed by atoms with Gasteiger partial charge in [0, 0.05) is 18.2 Å². The monoisotopic (exact) mass is 402 g/mol. The van der Waals surface area contributed by atoms with Crippen molar-refractivity contribution < 1.29 is 27.9 Å². The van der Waals surface area contributed by atoms with Gasteiger partial charge in [0.15, 0.2) is 18.2 Å². The molecule has 1 saturated heterocycles. The fraction of sp³-hybridized carbons (Fsp3) is 0.286. The van der Waals surface area contributed by atoms with Gasteiger partial charge >= 0.3 is 0 Å². The van der Waals surface area contributed by atoms with E-state index in [4.69, 9.17) is 4.74 Å². The maximum absolute atomic E-state index is 13.5. The molecule has 3 amide bonds. The van der Waals surface area contributed by atoms with E-state index >= 15 is 0 Å². The molecule has 0 aromatic heterocycles. The van der Waals surface area contributed by atoms with Crippen LogP contribution in [0.3, 0.4) is 0 Å². The van der Waals surface area contributed by atoms with Crippen LogP contribution in [-0.4, -0.2) is 24.3 Å². The first kappa shape index (κ1) is 20.4. The minimum atomic E-state index is -0.892. The number of anilines is 1. The lowest BCUT2D eigenvalue weighted by atomic mass is 9.72. The first-order chi connectivity index (χ1) is 13.8. The fourth-order valence-corrected chi connectivity index (χ4v) is 3.37. The Hall–Kier alpha value is -3.29. The Bertz CT molecular complexity index is 946. The molecule has 0 saturated carbocycles. The number of ether oxygens (including phenoxy) is 1. The van der Waals surface area contributed by atoms with E-state index < -0.39 is 29.6 Å². The second-order valence-corrected chi connectivity index (χ2v) is 6.80. The van der Waals surface area contributed by atoms with E-state index in [1.165, 1.54) is 0 Å². The molecule has 29 heavy (non-hydrogen) atoms. The molecule has 0 radical (unpaired) electrons. The molecule has 0 spiro atoms. The summed E-state index contributed by atoms with van der Waals surface area (Å²) in [6, 6.07) is 9.57. The number of halogens is 2. The molecular formula is C21H20F2N2O4. The number of rotatable bonds is 6. The summed E-state index contributed by atoms with van der Waals surface area (Å²) in [5, 5.41) is 5.00. The van der Waals surface area contributed by atoms with Gasteiger partial charge in [-0.25, -0.2) is 8.78 Å². The first-order valence-electron chi connectivity index (χ1n) is 9.16. The van der Waals surface area contributed by atoms with Crippen LogP contribution in [0.25, 0.3) is 0 Å². The molecule has 1 aliphatic rings. The van der Waals surface area contributed by atoms with Gasteiger partial charge in [0.2, 0.25) is 11.8 Å². The van der Waals surface area contributed by atoms with Crippen molar-refractivity contribution in [3.05, 3.63) is 59.7 Å². The summed E-state index contributed by atoms with van der Waals surface area (Å²) in [6.07, 6.45) is 1.24. The van der Waals surface area contributed by atoms with Crippen LogP contribution in [0.2, 0.25) is 0 Å². The van der Waals surface area contributed by atoms with Gasteiger partial charge in [-0.2, -0.15) is 0 Å². The normalized spacial score (nSPS) is 18.9. The van der Waals surface area contributed by atoms with Gasteiger partial charge in [0.05, 0.1) is 5.41 Å². The highest BCUT2D eigenvalue weighted by molar-refractivity contribution is 6.03. The van der Waals surface area contributed by atoms with E-state index in [0.29, 0.717) is 24.6 Å². The molecular weight excluding hydrogens is 382 g/mol. The quantitative estimate of drug-likeness (QED) is 0.728. The van der Waals surface area contributed by atoms with E-state index in [-0.39, 0.29) is 24.0 Å². The molecule has 6 nitrogen and oxygen atoms in total. The Morgan fingerprint density at radius 3 is 2.52 bits per heavy atom. The Labute approximate surface area is 166 Å². The zero-order valence-corrected chi connectivity index (χ0v) is 15.8. The van der Waals surface area contributed by atoms with Gasteiger partial charge in [0.1, 0.15) is 5.82 Å². The fourth-order valence-electron chi connectivity index (χ4n) is 3.37. The summed E-state index contributed by atoms with van der Waals surface area (Å²) in [4.78, 5) is 35.9. The van der Waals surface area contributed by atoms with Gasteiger partial charge in [-0.3, -0.25) is 19.7 Å². The molecule has 0 bridgehead atoms. The highest BCUT2D eigenvalue weighted by Gasteiger charge is 2.42. The molecule has 0 aliphatic carbocycles. The van der Waals surface area contributed by atoms with Crippen molar-refractivity contribution in [3.63, 3.8) is 0 Å². The van der Waals surface area contributed by atoms with Gasteiger partial charge in [0.25, 0.3) is 5.91 Å². The number of piperidine rings is 1. The standard InChI is InChI=1S/C21H20F2N2O4/c1-2-21(10-9-18(26)25-20(21)28)13-3-6-15(7-4-13)24-19(27)12-29-17-8-5-14(22)11-16(17)23/h3-8,11H,2,9-10,12H2,1H3,(H,24,27)(H,25,26,28). The summed E-state index contributed by atoms with van der Waals surface area (Å²) in [5.41, 5.74) is 0.452. The van der Waals surface area contributed by atoms with Crippen molar-refractivity contribution in [2.75, 3.05) is 11.9 Å². The van der Waals surface area contributed by atoms with Crippen LogP contribution in [0, 0.1) is 11.6 Å². The van der Waals surface area contributed by atoms with Crippen LogP contribution >= 0.6 is 0 Å². The molecule has 1 aliphatic heterocycles. The number of carbonyl (C=O) groups is 3. The SMILES string of the molecule is CCC1(c2ccc(NC(=O)COc3ccc(F)cc3F)cc2)CCC(=O)NC1=O. The summed E-state index contributed by atoms with van der Waals surface area (Å²) < 4.78 is 31.5. The van der Waals surface area contributed by atoms with Gasteiger partial charge < -0.3 is 10.1 Å². The smallest absolute Gasteiger partial charge is 0.262 e. The summed E-state index contributed by atoms with van der Waals surface area (Å²) >= 11 is 0. The van der Waals surface area contributed by atoms with Crippen LogP contribution in [0.1, 0.15) is 31.7 Å². The van der Waals surface area contributed by atoms with E-state index in [1.54, 1.807) is 24.3 Å². The zero-order chi connectivity index (χ0) is 21.0. The highest BCUT2D eigenvalue weighted by atomic mass is 19.1. The molecule has 1 atom stereocenters. The van der Waals surface area contributed by atoms with Crippen LogP contribution in [0.15, 0.2) is 42.5 Å². The number of hydrogen-bond donors (Lipinski definition) is 2. The third-order valence-electron chi connectivity index (χ3n) is 5.04. The lowest BCUT2D eigenvalue weighted by Gasteiger charge is -2.35. The Morgan fingerprint density at radius 1 is 1.17 bits per heavy atom. The molecule has 1 heterocycles. The van der Waals surface area contributed by atoms with E-state index in [1.807, 2.05) is 6.92 Å². The topological polar surface area (TPSA) is 84.5 Å². The molecule has 8 heteroatoms. The number of benzene rings is 2. The third kappa shape index (κ3) is 4.42. The minimum absolute atomic E-state index is 0.223. The van der Waals surface area contributed by atoms with Crippen LogP contribution < -0.4 is 15.4 Å². The predicted octanol–water partition coefficient (Wildman–Crippen LogP) is 3.07. The average Bonchev–Trinajstić information content (AvgIpc) is 2.69. The second kappa shape index (κ2) is 8.38. The van der Waals surface area contributed by atoms with Crippen LogP contribution in [-0.2, 0) is 19.8 Å². The second-order valence-electron chi connectivity index (χ2n) is 6.80. The number of hydrogen-bond acceptors (Lipinski definition) is 4. The van der Waals surface area contributed by atoms with Gasteiger partial charge in [-0.05, 0) is 42.7 Å². The van der Waals surface area contributed by atoms with E-state index in [9.17, 15) is 23.2 Å². The first-order valence-corrected chi connectivity index (χ1v) is 9.16. The largest absolute Gasteiger partial charge is 0.481 e. The van der Waals surface area contributed by atoms with Crippen molar-refractivity contribution in [1.82, 2.24) is 5.32 Å². The predicted molar refractivity (Wildman–Crippen MR) is 101 cm³/mol. The van der Waals surface area contributed by atoms with E-state index in [2.05, 4.69) is 10.6 Å². The summed E-state index contributed by atoms with van der Waals surface area (Å²) in [6.45, 7) is 1.44. The molecule has 2 aromatic rings. The molecule has 2 N–H and O–H groups in total. The highest BCUT2D eigenvalue weighted by Crippen LogP contribution is 2.36. The lowest BCUT2D eigenvalue weighted by molar-refractivity contribution is -0.138. The Morgan fingerprint density at radius 2 is 1.90 bits per heavy atom. The lowest BCUT2D eigenvalue weighted by Crippen LogP contribution is -2.51. The maximum atomic E-state index is 13.5. The minimum Gasteiger partial charge on any atom is -0.481 e. The van der Waals surface area contributed by atoms with Gasteiger partial charge in [-0.15, -0.1) is 0 Å². The Balaban J connectivity index is 1.63. The van der Waals surface area contributed by atoms with Crippen molar-refractivity contribution in [3.8, 4) is 5.75 Å². The van der Waals surface area contributed by atoms with E-state index in [0.717, 1.165) is 17.7 Å². The maximum Gasteiger partial charge on any atom is 0.262 e. The number of imide groups is 1. The number of carbonyl (C=O) groups excluding carboxylic acids is 3. The van der Waals surface area contributed by atoms with Crippen molar-refractivity contribution in [2.24, 2.45) is 0 Å². The van der Waals surface area contributed by atoms with Crippen LogP contribution in [0.4, 0.5) is 14.5 Å². The zero-order valence-electron chi connectivity index (χ0n) is 15.8. The van der Waals surface area contributed by atoms with Gasteiger partial charge in [-0.1, -0.05) is 19.1 Å². The van der Waals surface area contributed by atoms with Crippen molar-refractivity contribution in [2.45, 2.75) is 31.6 Å². The molecule has 3 rings (SSSR count). The molecule has 1 unspecified atom stereocenters. The summed E-state index contributed by atoms with van der Waals surface area (Å²) in [7, 11) is 0. The average molecular weight is 402 g/mol.